The third-order valence-electron chi connectivity index (χ3n) is 7.69. The molecule has 1 N–H and O–H groups in total. The number of carbonyl (C=O) groups excluding carboxylic acids is 1. The normalized spacial score (nSPS) is 17.4. The molecule has 0 spiro atoms. The van der Waals surface area contributed by atoms with Crippen LogP contribution >= 0.6 is 48.0 Å². The van der Waals surface area contributed by atoms with Crippen molar-refractivity contribution >= 4 is 64.8 Å². The minimum Gasteiger partial charge on any atom is -0.350 e. The third kappa shape index (κ3) is 6.80. The summed E-state index contributed by atoms with van der Waals surface area (Å²) in [7, 11) is 0. The molecule has 0 bridgehead atoms. The van der Waals surface area contributed by atoms with Gasteiger partial charge in [-0.2, -0.15) is 0 Å². The lowest BCUT2D eigenvalue weighted by Gasteiger charge is -2.36. The lowest BCUT2D eigenvalue weighted by molar-refractivity contribution is 0.0616. The van der Waals surface area contributed by atoms with Gasteiger partial charge in [0, 0.05) is 65.8 Å². The lowest BCUT2D eigenvalue weighted by atomic mass is 9.89. The Morgan fingerprint density at radius 3 is 2.16 bits per heavy atom. The zero-order valence-electron chi connectivity index (χ0n) is 22.1. The number of aromatic amines is 1. The average Bonchev–Trinajstić information content (AvgIpc) is 3.23. The number of halogens is 4. The molecule has 3 aromatic rings. The summed E-state index contributed by atoms with van der Waals surface area (Å²) in [5.41, 5.74) is 3.99. The van der Waals surface area contributed by atoms with Crippen LogP contribution in [0.2, 0.25) is 10.0 Å². The van der Waals surface area contributed by atoms with E-state index in [1.807, 2.05) is 29.2 Å². The number of rotatable bonds is 6. The molecule has 38 heavy (non-hydrogen) atoms. The Balaban J connectivity index is 0.00000200. The molecular weight excluding hydrogens is 562 g/mol. The van der Waals surface area contributed by atoms with Crippen molar-refractivity contribution in [3.8, 4) is 0 Å². The molecule has 5 rings (SSSR count). The molecule has 0 saturated carbocycles. The number of para-hydroxylation sites is 1. The highest BCUT2D eigenvalue weighted by molar-refractivity contribution is 6.36. The predicted octanol–water partition coefficient (Wildman–Crippen LogP) is 7.11. The topological polar surface area (TPSA) is 42.6 Å². The number of carbonyl (C=O) groups is 1. The molecule has 2 aliphatic heterocycles. The maximum atomic E-state index is 13.7. The van der Waals surface area contributed by atoms with Crippen LogP contribution in [-0.4, -0.2) is 71.4 Å². The number of nitrogens with zero attached hydrogens (tertiary/aromatic N) is 3. The number of H-pyrrole nitrogens is 1. The maximum absolute atomic E-state index is 13.7. The van der Waals surface area contributed by atoms with Crippen LogP contribution in [0.25, 0.3) is 10.9 Å². The zero-order chi connectivity index (χ0) is 25.2. The molecule has 0 unspecified atom stereocenters. The molecule has 208 valence electrons. The van der Waals surface area contributed by atoms with Gasteiger partial charge in [-0.3, -0.25) is 14.6 Å². The van der Waals surface area contributed by atoms with E-state index in [0.717, 1.165) is 103 Å². The number of hydrogen-bond donors (Lipinski definition) is 1. The van der Waals surface area contributed by atoms with Crippen molar-refractivity contribution in [2.45, 2.75) is 39.2 Å². The van der Waals surface area contributed by atoms with Gasteiger partial charge in [-0.05, 0) is 61.5 Å². The number of likely N-dealkylation sites (tertiary alicyclic amines) is 1. The van der Waals surface area contributed by atoms with E-state index in [2.05, 4.69) is 46.8 Å². The highest BCUT2D eigenvalue weighted by Gasteiger charge is 2.29. The first-order valence-electron chi connectivity index (χ1n) is 13.2. The van der Waals surface area contributed by atoms with E-state index in [4.69, 9.17) is 23.2 Å². The van der Waals surface area contributed by atoms with Gasteiger partial charge in [-0.25, -0.2) is 0 Å². The number of nitrogens with one attached hydrogen (secondary N) is 1. The molecule has 5 nitrogen and oxygen atoms in total. The Morgan fingerprint density at radius 2 is 1.53 bits per heavy atom. The van der Waals surface area contributed by atoms with Crippen molar-refractivity contribution in [3.05, 3.63) is 69.3 Å². The van der Waals surface area contributed by atoms with Gasteiger partial charge in [0.1, 0.15) is 5.69 Å². The predicted molar refractivity (Wildman–Crippen MR) is 164 cm³/mol. The molecule has 0 radical (unpaired) electrons. The van der Waals surface area contributed by atoms with Gasteiger partial charge in [0.2, 0.25) is 0 Å². The summed E-state index contributed by atoms with van der Waals surface area (Å²) in [6.07, 6.45) is 2.01. The third-order valence-corrected chi connectivity index (χ3v) is 8.35. The second kappa shape index (κ2) is 13.7. The molecule has 2 aliphatic rings. The summed E-state index contributed by atoms with van der Waals surface area (Å²) in [6.45, 7) is 11.7. The highest BCUT2D eigenvalue weighted by Crippen LogP contribution is 2.38. The zero-order valence-corrected chi connectivity index (χ0v) is 25.2. The lowest BCUT2D eigenvalue weighted by Crippen LogP contribution is -2.49. The highest BCUT2D eigenvalue weighted by atomic mass is 35.5. The summed E-state index contributed by atoms with van der Waals surface area (Å²) in [4.78, 5) is 24.1. The van der Waals surface area contributed by atoms with Crippen molar-refractivity contribution < 1.29 is 4.79 Å². The second-order valence-electron chi connectivity index (χ2n) is 10.7. The van der Waals surface area contributed by atoms with Crippen LogP contribution in [0.3, 0.4) is 0 Å². The Labute approximate surface area is 248 Å². The Hall–Kier alpha value is -1.47. The first-order chi connectivity index (χ1) is 17.4. The Morgan fingerprint density at radius 1 is 0.895 bits per heavy atom. The van der Waals surface area contributed by atoms with Crippen molar-refractivity contribution in [1.82, 2.24) is 19.7 Å². The van der Waals surface area contributed by atoms with Gasteiger partial charge >= 0.3 is 0 Å². The van der Waals surface area contributed by atoms with E-state index in [1.165, 1.54) is 0 Å². The number of piperazine rings is 1. The maximum Gasteiger partial charge on any atom is 0.270 e. The number of fused-ring (bicyclic) bond motifs is 1. The molecule has 1 aromatic heterocycles. The van der Waals surface area contributed by atoms with Gasteiger partial charge < -0.3 is 9.88 Å². The Kier molecular flexibility index (Phi) is 11.2. The SMILES string of the molecule is CC(C)CN1CCN(C(=O)c2[nH]c3ccccc3c2CN2CCC(c3c(Cl)cccc3Cl)CC2)CC1.Cl.Cl. The first-order valence-corrected chi connectivity index (χ1v) is 13.9. The molecule has 0 aliphatic carbocycles. The van der Waals surface area contributed by atoms with Gasteiger partial charge in [-0.15, -0.1) is 24.8 Å². The van der Waals surface area contributed by atoms with Crippen LogP contribution in [0, 0.1) is 5.92 Å². The fourth-order valence-electron chi connectivity index (χ4n) is 5.86. The molecular formula is C29H38Cl4N4O. The van der Waals surface area contributed by atoms with Crippen molar-refractivity contribution in [2.24, 2.45) is 5.92 Å². The monoisotopic (exact) mass is 598 g/mol. The van der Waals surface area contributed by atoms with Gasteiger partial charge in [0.25, 0.3) is 5.91 Å². The van der Waals surface area contributed by atoms with Crippen molar-refractivity contribution in [3.63, 3.8) is 0 Å². The van der Waals surface area contributed by atoms with Crippen molar-refractivity contribution in [2.75, 3.05) is 45.8 Å². The van der Waals surface area contributed by atoms with E-state index in [9.17, 15) is 4.79 Å². The standard InChI is InChI=1S/C29H36Cl2N4O.2ClH/c1-20(2)18-34-14-16-35(17-15-34)29(36)28-23(22-6-3-4-9-26(22)32-28)19-33-12-10-21(11-13-33)27-24(30)7-5-8-25(27)31;;/h3-9,20-21,32H,10-19H2,1-2H3;2*1H. The van der Waals surface area contributed by atoms with Crippen LogP contribution in [0.15, 0.2) is 42.5 Å². The van der Waals surface area contributed by atoms with Gasteiger partial charge in [-0.1, -0.05) is 61.3 Å². The van der Waals surface area contributed by atoms with Crippen molar-refractivity contribution in [1.29, 1.82) is 0 Å². The largest absolute Gasteiger partial charge is 0.350 e. The van der Waals surface area contributed by atoms with Crippen LogP contribution in [0.5, 0.6) is 0 Å². The van der Waals surface area contributed by atoms with Gasteiger partial charge in [0.05, 0.1) is 0 Å². The molecule has 2 aromatic carbocycles. The minimum atomic E-state index is 0. The number of hydrogen-bond acceptors (Lipinski definition) is 3. The molecule has 1 amide bonds. The molecule has 3 heterocycles. The minimum absolute atomic E-state index is 0. The first kappa shape index (κ1) is 31.1. The summed E-state index contributed by atoms with van der Waals surface area (Å²) in [6, 6.07) is 14.1. The summed E-state index contributed by atoms with van der Waals surface area (Å²) in [5, 5.41) is 2.67. The van der Waals surface area contributed by atoms with E-state index >= 15 is 0 Å². The van der Waals surface area contributed by atoms with E-state index < -0.39 is 0 Å². The number of piperidine rings is 1. The van der Waals surface area contributed by atoms with Crippen LogP contribution in [0.1, 0.15) is 54.2 Å². The van der Waals surface area contributed by atoms with Crippen LogP contribution < -0.4 is 0 Å². The second-order valence-corrected chi connectivity index (χ2v) is 11.5. The molecule has 9 heteroatoms. The number of aromatic nitrogens is 1. The Bertz CT molecular complexity index is 1190. The van der Waals surface area contributed by atoms with Crippen LogP contribution in [0.4, 0.5) is 0 Å². The smallest absolute Gasteiger partial charge is 0.270 e. The van der Waals surface area contributed by atoms with Crippen LogP contribution in [-0.2, 0) is 6.54 Å². The summed E-state index contributed by atoms with van der Waals surface area (Å²) < 4.78 is 0. The number of amides is 1. The summed E-state index contributed by atoms with van der Waals surface area (Å²) >= 11 is 13.0. The fraction of sp³-hybridized carbons (Fsp3) is 0.483. The molecule has 0 atom stereocenters. The van der Waals surface area contributed by atoms with E-state index in [-0.39, 0.29) is 30.7 Å². The number of benzene rings is 2. The van der Waals surface area contributed by atoms with Gasteiger partial charge in [0.15, 0.2) is 0 Å². The molecule has 2 fully saturated rings. The van der Waals surface area contributed by atoms with E-state index in [0.29, 0.717) is 11.8 Å². The van der Waals surface area contributed by atoms with E-state index in [1.54, 1.807) is 0 Å². The summed E-state index contributed by atoms with van der Waals surface area (Å²) in [5.74, 6) is 1.14. The fourth-order valence-corrected chi connectivity index (χ4v) is 6.57. The quantitative estimate of drug-likeness (QED) is 0.328. The average molecular weight is 600 g/mol. The molecule has 2 saturated heterocycles.